The summed E-state index contributed by atoms with van der Waals surface area (Å²) in [5, 5.41) is 3.21. The van der Waals surface area contributed by atoms with Crippen molar-refractivity contribution in [2.45, 2.75) is 52.1 Å². The van der Waals surface area contributed by atoms with Crippen molar-refractivity contribution in [2.75, 3.05) is 0 Å². The lowest BCUT2D eigenvalue weighted by molar-refractivity contribution is 0.0889. The van der Waals surface area contributed by atoms with Gasteiger partial charge in [0.2, 0.25) is 0 Å². The zero-order valence-electron chi connectivity index (χ0n) is 12.4. The Labute approximate surface area is 121 Å². The molecule has 0 saturated heterocycles. The molecule has 3 N–H and O–H groups in total. The average Bonchev–Trinajstić information content (AvgIpc) is 2.47. The van der Waals surface area contributed by atoms with E-state index in [4.69, 9.17) is 5.73 Å². The van der Waals surface area contributed by atoms with E-state index >= 15 is 0 Å². The zero-order chi connectivity index (χ0) is 14.5. The quantitative estimate of drug-likeness (QED) is 0.887. The summed E-state index contributed by atoms with van der Waals surface area (Å²) in [5.41, 5.74) is 6.98. The Bertz CT molecular complexity index is 459. The van der Waals surface area contributed by atoms with E-state index in [2.05, 4.69) is 24.1 Å². The molecule has 0 aliphatic heterocycles. The molecule has 20 heavy (non-hydrogen) atoms. The number of aromatic nitrogens is 1. The van der Waals surface area contributed by atoms with Crippen LogP contribution in [0.2, 0.25) is 0 Å². The monoisotopic (exact) mass is 275 g/mol. The first-order valence-electron chi connectivity index (χ1n) is 7.57. The Hall–Kier alpha value is -1.42. The van der Waals surface area contributed by atoms with Crippen LogP contribution in [0.4, 0.5) is 0 Å². The molecule has 1 aliphatic rings. The number of carbonyl (C=O) groups is 1. The van der Waals surface area contributed by atoms with Crippen LogP contribution in [0.15, 0.2) is 18.3 Å². The smallest absolute Gasteiger partial charge is 0.251 e. The third kappa shape index (κ3) is 3.57. The molecule has 0 aromatic carbocycles. The Kier molecular flexibility index (Phi) is 5.12. The standard InChI is InChI=1S/C16H25N3O/c1-11(2)14-5-3-4-6-15(14)19-16(20)12-7-8-18-13(9-12)10-17/h7-9,11,14-15H,3-6,10,17H2,1-2H3,(H,19,20). The minimum atomic E-state index is -0.000324. The summed E-state index contributed by atoms with van der Waals surface area (Å²) in [6.07, 6.45) is 6.44. The van der Waals surface area contributed by atoms with Gasteiger partial charge < -0.3 is 11.1 Å². The Balaban J connectivity index is 2.05. The van der Waals surface area contributed by atoms with Crippen LogP contribution in [0.1, 0.15) is 55.6 Å². The predicted molar refractivity (Wildman–Crippen MR) is 80.2 cm³/mol. The van der Waals surface area contributed by atoms with E-state index in [1.54, 1.807) is 18.3 Å². The van der Waals surface area contributed by atoms with E-state index in [9.17, 15) is 4.79 Å². The van der Waals surface area contributed by atoms with E-state index in [0.29, 0.717) is 30.0 Å². The first kappa shape index (κ1) is 15.0. The molecule has 1 amide bonds. The van der Waals surface area contributed by atoms with Gasteiger partial charge in [-0.15, -0.1) is 0 Å². The number of nitrogens with one attached hydrogen (secondary N) is 1. The summed E-state index contributed by atoms with van der Waals surface area (Å²) in [7, 11) is 0. The summed E-state index contributed by atoms with van der Waals surface area (Å²) < 4.78 is 0. The second-order valence-electron chi connectivity index (χ2n) is 6.01. The highest BCUT2D eigenvalue weighted by molar-refractivity contribution is 5.94. The van der Waals surface area contributed by atoms with E-state index in [1.807, 2.05) is 0 Å². The molecule has 1 heterocycles. The van der Waals surface area contributed by atoms with Gasteiger partial charge in [0.25, 0.3) is 5.91 Å². The summed E-state index contributed by atoms with van der Waals surface area (Å²) in [5.74, 6) is 1.20. The van der Waals surface area contributed by atoms with Gasteiger partial charge in [0.15, 0.2) is 0 Å². The third-order valence-corrected chi connectivity index (χ3v) is 4.28. The number of nitrogens with two attached hydrogens (primary N) is 1. The molecule has 1 aromatic rings. The predicted octanol–water partition coefficient (Wildman–Crippen LogP) is 2.48. The number of carbonyl (C=O) groups excluding carboxylic acids is 1. The lowest BCUT2D eigenvalue weighted by atomic mass is 9.78. The molecular formula is C16H25N3O. The zero-order valence-corrected chi connectivity index (χ0v) is 12.4. The maximum Gasteiger partial charge on any atom is 0.251 e. The summed E-state index contributed by atoms with van der Waals surface area (Å²) in [6, 6.07) is 3.83. The van der Waals surface area contributed by atoms with Crippen LogP contribution in [0.5, 0.6) is 0 Å². The largest absolute Gasteiger partial charge is 0.349 e. The molecule has 4 heteroatoms. The number of nitrogens with zero attached hydrogens (tertiary/aromatic N) is 1. The minimum absolute atomic E-state index is 0.000324. The topological polar surface area (TPSA) is 68.0 Å². The third-order valence-electron chi connectivity index (χ3n) is 4.28. The lowest BCUT2D eigenvalue weighted by Crippen LogP contribution is -2.44. The van der Waals surface area contributed by atoms with Crippen LogP contribution in [-0.4, -0.2) is 16.9 Å². The van der Waals surface area contributed by atoms with Gasteiger partial charge in [0.05, 0.1) is 5.69 Å². The van der Waals surface area contributed by atoms with Crippen LogP contribution in [0.3, 0.4) is 0 Å². The number of pyridine rings is 1. The molecule has 110 valence electrons. The normalized spacial score (nSPS) is 22.8. The van der Waals surface area contributed by atoms with Crippen molar-refractivity contribution in [3.63, 3.8) is 0 Å². The second kappa shape index (κ2) is 6.84. The summed E-state index contributed by atoms with van der Waals surface area (Å²) in [6.45, 7) is 4.85. The highest BCUT2D eigenvalue weighted by Crippen LogP contribution is 2.30. The van der Waals surface area contributed by atoms with Gasteiger partial charge in [-0.3, -0.25) is 9.78 Å². The Morgan fingerprint density at radius 3 is 2.90 bits per heavy atom. The highest BCUT2D eigenvalue weighted by Gasteiger charge is 2.28. The van der Waals surface area contributed by atoms with Gasteiger partial charge in [-0.2, -0.15) is 0 Å². The van der Waals surface area contributed by atoms with Crippen molar-refractivity contribution in [1.29, 1.82) is 0 Å². The van der Waals surface area contributed by atoms with E-state index < -0.39 is 0 Å². The first-order chi connectivity index (χ1) is 9.61. The van der Waals surface area contributed by atoms with E-state index in [1.165, 1.54) is 19.3 Å². The minimum Gasteiger partial charge on any atom is -0.349 e. The Morgan fingerprint density at radius 2 is 2.20 bits per heavy atom. The van der Waals surface area contributed by atoms with Crippen molar-refractivity contribution in [2.24, 2.45) is 17.6 Å². The highest BCUT2D eigenvalue weighted by atomic mass is 16.1. The number of hydrogen-bond acceptors (Lipinski definition) is 3. The van der Waals surface area contributed by atoms with Crippen molar-refractivity contribution < 1.29 is 4.79 Å². The molecule has 0 radical (unpaired) electrons. The van der Waals surface area contributed by atoms with Crippen molar-refractivity contribution in [3.8, 4) is 0 Å². The van der Waals surface area contributed by atoms with Crippen LogP contribution in [0.25, 0.3) is 0 Å². The molecule has 2 rings (SSSR count). The van der Waals surface area contributed by atoms with Crippen LogP contribution in [0, 0.1) is 11.8 Å². The SMILES string of the molecule is CC(C)C1CCCCC1NC(=O)c1ccnc(CN)c1. The van der Waals surface area contributed by atoms with E-state index in [-0.39, 0.29) is 5.91 Å². The molecule has 1 aliphatic carbocycles. The fourth-order valence-electron chi connectivity index (χ4n) is 3.12. The van der Waals surface area contributed by atoms with Gasteiger partial charge >= 0.3 is 0 Å². The van der Waals surface area contributed by atoms with Crippen LogP contribution >= 0.6 is 0 Å². The summed E-state index contributed by atoms with van der Waals surface area (Å²) in [4.78, 5) is 16.5. The van der Waals surface area contributed by atoms with Crippen molar-refractivity contribution >= 4 is 5.91 Å². The van der Waals surface area contributed by atoms with E-state index in [0.717, 1.165) is 12.1 Å². The summed E-state index contributed by atoms with van der Waals surface area (Å²) >= 11 is 0. The molecule has 1 fully saturated rings. The second-order valence-corrected chi connectivity index (χ2v) is 6.01. The van der Waals surface area contributed by atoms with Crippen LogP contribution < -0.4 is 11.1 Å². The molecule has 0 spiro atoms. The van der Waals surface area contributed by atoms with Crippen molar-refractivity contribution in [3.05, 3.63) is 29.6 Å². The number of hydrogen-bond donors (Lipinski definition) is 2. The van der Waals surface area contributed by atoms with Gasteiger partial charge in [-0.25, -0.2) is 0 Å². The Morgan fingerprint density at radius 1 is 1.45 bits per heavy atom. The molecule has 0 bridgehead atoms. The number of amides is 1. The fraction of sp³-hybridized carbons (Fsp3) is 0.625. The van der Waals surface area contributed by atoms with Crippen LogP contribution in [-0.2, 0) is 6.54 Å². The van der Waals surface area contributed by atoms with Gasteiger partial charge in [-0.05, 0) is 36.8 Å². The molecule has 2 unspecified atom stereocenters. The number of rotatable bonds is 4. The average molecular weight is 275 g/mol. The molecule has 2 atom stereocenters. The maximum atomic E-state index is 12.4. The van der Waals surface area contributed by atoms with Gasteiger partial charge in [-0.1, -0.05) is 26.7 Å². The fourth-order valence-corrected chi connectivity index (χ4v) is 3.12. The van der Waals surface area contributed by atoms with Gasteiger partial charge in [0.1, 0.15) is 0 Å². The van der Waals surface area contributed by atoms with Gasteiger partial charge in [0, 0.05) is 24.3 Å². The van der Waals surface area contributed by atoms with Crippen molar-refractivity contribution in [1.82, 2.24) is 10.3 Å². The lowest BCUT2D eigenvalue weighted by Gasteiger charge is -2.34. The molecule has 1 aromatic heterocycles. The maximum absolute atomic E-state index is 12.4. The molecular weight excluding hydrogens is 250 g/mol. The molecule has 4 nitrogen and oxygen atoms in total. The molecule has 1 saturated carbocycles. The first-order valence-corrected chi connectivity index (χ1v) is 7.57.